The number of carbonyl (C=O) groups excluding carboxylic acids is 1. The number of imidazole rings is 1. The zero-order chi connectivity index (χ0) is 27.9. The van der Waals surface area contributed by atoms with E-state index in [0.717, 1.165) is 27.7 Å². The number of nitrogens with zero attached hydrogens (tertiary/aromatic N) is 2. The number of aliphatic hydroxyl groups is 1. The average molecular weight is 544 g/mol. The molecule has 40 heavy (non-hydrogen) atoms. The van der Waals surface area contributed by atoms with Crippen molar-refractivity contribution >= 4 is 28.6 Å². The summed E-state index contributed by atoms with van der Waals surface area (Å²) in [7, 11) is 0. The van der Waals surface area contributed by atoms with Gasteiger partial charge in [-0.1, -0.05) is 48.5 Å². The number of nitrogens with one attached hydrogen (secondary N) is 1. The van der Waals surface area contributed by atoms with Crippen LogP contribution in [0.4, 0.5) is 5.69 Å². The van der Waals surface area contributed by atoms with Crippen LogP contribution in [0.25, 0.3) is 11.0 Å². The third kappa shape index (κ3) is 6.93. The number of fused-ring (bicyclic) bond motifs is 1. The van der Waals surface area contributed by atoms with Crippen LogP contribution in [0.2, 0.25) is 0 Å². The monoisotopic (exact) mass is 543 g/mol. The number of carboxylic acid groups (broad SMARTS) is 1. The van der Waals surface area contributed by atoms with Gasteiger partial charge < -0.3 is 29.6 Å². The second-order valence-electron chi connectivity index (χ2n) is 10.0. The summed E-state index contributed by atoms with van der Waals surface area (Å²) >= 11 is 0. The summed E-state index contributed by atoms with van der Waals surface area (Å²) in [5.41, 5.74) is 5.31. The minimum Gasteiger partial charge on any atom is -0.481 e. The number of unbranched alkanes of at least 4 members (excludes halogenated alkanes) is 1. The molecule has 1 aliphatic heterocycles. The summed E-state index contributed by atoms with van der Waals surface area (Å²) in [6.07, 6.45) is 2.84. The smallest absolute Gasteiger partial charge is 0.303 e. The molecule has 1 fully saturated rings. The number of anilines is 1. The summed E-state index contributed by atoms with van der Waals surface area (Å²) in [4.78, 5) is 27.4. The van der Waals surface area contributed by atoms with Crippen LogP contribution in [0.15, 0.2) is 79.1 Å². The van der Waals surface area contributed by atoms with Crippen molar-refractivity contribution in [2.45, 2.75) is 63.8 Å². The van der Waals surface area contributed by atoms with Gasteiger partial charge in [-0.05, 0) is 48.2 Å². The summed E-state index contributed by atoms with van der Waals surface area (Å²) in [6, 6.07) is 23.2. The number of hydrogen-bond acceptors (Lipinski definition) is 6. The van der Waals surface area contributed by atoms with Crippen molar-refractivity contribution in [2.75, 3.05) is 5.32 Å². The molecular weight excluding hydrogens is 510 g/mol. The van der Waals surface area contributed by atoms with E-state index in [2.05, 4.69) is 14.9 Å². The summed E-state index contributed by atoms with van der Waals surface area (Å²) in [5, 5.41) is 21.0. The molecule has 0 bridgehead atoms. The Morgan fingerprint density at radius 3 is 2.40 bits per heavy atom. The van der Waals surface area contributed by atoms with E-state index in [0.29, 0.717) is 31.5 Å². The van der Waals surface area contributed by atoms with Crippen LogP contribution in [0.5, 0.6) is 0 Å². The largest absolute Gasteiger partial charge is 0.481 e. The number of aliphatic carboxylic acids is 1. The van der Waals surface area contributed by atoms with E-state index < -0.39 is 12.3 Å². The van der Waals surface area contributed by atoms with Crippen LogP contribution in [-0.2, 0) is 32.2 Å². The molecule has 5 rings (SSSR count). The van der Waals surface area contributed by atoms with E-state index in [4.69, 9.17) is 14.6 Å². The van der Waals surface area contributed by atoms with E-state index in [-0.39, 0.29) is 37.6 Å². The van der Waals surface area contributed by atoms with Gasteiger partial charge in [-0.2, -0.15) is 0 Å². The molecule has 3 aromatic carbocycles. The van der Waals surface area contributed by atoms with Gasteiger partial charge in [0.2, 0.25) is 5.91 Å². The number of ether oxygens (including phenoxy) is 2. The van der Waals surface area contributed by atoms with Crippen LogP contribution in [0.1, 0.15) is 61.2 Å². The Hall–Kier alpha value is -4.05. The lowest BCUT2D eigenvalue weighted by Crippen LogP contribution is -2.32. The van der Waals surface area contributed by atoms with Crippen LogP contribution >= 0.6 is 0 Å². The fourth-order valence-electron chi connectivity index (χ4n) is 4.92. The lowest BCUT2D eigenvalue weighted by Gasteiger charge is -2.36. The Morgan fingerprint density at radius 1 is 0.925 bits per heavy atom. The molecule has 3 atom stereocenters. The van der Waals surface area contributed by atoms with Crippen molar-refractivity contribution in [1.29, 1.82) is 0 Å². The molecule has 0 spiro atoms. The van der Waals surface area contributed by atoms with E-state index in [1.54, 1.807) is 0 Å². The number of benzene rings is 3. The zero-order valence-electron chi connectivity index (χ0n) is 22.1. The number of aliphatic hydroxyl groups excluding tert-OH is 1. The Balaban J connectivity index is 1.29. The van der Waals surface area contributed by atoms with Crippen LogP contribution < -0.4 is 5.32 Å². The molecule has 208 valence electrons. The lowest BCUT2D eigenvalue weighted by atomic mass is 10.00. The second kappa shape index (κ2) is 12.9. The molecular formula is C31H33N3O6. The normalized spacial score (nSPS) is 19.0. The van der Waals surface area contributed by atoms with Crippen LogP contribution in [-0.4, -0.2) is 37.7 Å². The molecule has 1 aliphatic rings. The highest BCUT2D eigenvalue weighted by Crippen LogP contribution is 2.39. The van der Waals surface area contributed by atoms with Crippen LogP contribution in [0.3, 0.4) is 0 Å². The highest BCUT2D eigenvalue weighted by Gasteiger charge is 2.32. The number of carbonyl (C=O) groups is 2. The van der Waals surface area contributed by atoms with Gasteiger partial charge in [0.05, 0.1) is 42.7 Å². The minimum atomic E-state index is -0.854. The van der Waals surface area contributed by atoms with Gasteiger partial charge in [-0.25, -0.2) is 4.98 Å². The summed E-state index contributed by atoms with van der Waals surface area (Å²) in [6.45, 7) is 0.598. The quantitative estimate of drug-likeness (QED) is 0.218. The first-order valence-corrected chi connectivity index (χ1v) is 13.5. The Bertz CT molecular complexity index is 1430. The Labute approximate surface area is 232 Å². The zero-order valence-corrected chi connectivity index (χ0v) is 22.1. The highest BCUT2D eigenvalue weighted by atomic mass is 16.7. The third-order valence-electron chi connectivity index (χ3n) is 7.05. The van der Waals surface area contributed by atoms with Gasteiger partial charge in [0.25, 0.3) is 0 Å². The van der Waals surface area contributed by atoms with E-state index in [1.807, 2.05) is 79.1 Å². The molecule has 3 N–H and O–H groups in total. The predicted octanol–water partition coefficient (Wildman–Crippen LogP) is 5.36. The molecule has 1 amide bonds. The van der Waals surface area contributed by atoms with Crippen molar-refractivity contribution in [3.63, 3.8) is 0 Å². The first kappa shape index (κ1) is 27.5. The number of hydrogen-bond donors (Lipinski definition) is 3. The second-order valence-corrected chi connectivity index (χ2v) is 10.0. The molecule has 0 aliphatic carbocycles. The third-order valence-corrected chi connectivity index (χ3v) is 7.05. The average Bonchev–Trinajstić information content (AvgIpc) is 3.38. The van der Waals surface area contributed by atoms with Gasteiger partial charge in [0, 0.05) is 30.5 Å². The van der Waals surface area contributed by atoms with Crippen molar-refractivity contribution in [1.82, 2.24) is 9.55 Å². The van der Waals surface area contributed by atoms with Crippen LogP contribution in [0, 0.1) is 0 Å². The molecule has 0 saturated carbocycles. The van der Waals surface area contributed by atoms with Crippen molar-refractivity contribution < 1.29 is 29.3 Å². The number of amides is 1. The maximum Gasteiger partial charge on any atom is 0.303 e. The number of aromatic nitrogens is 2. The SMILES string of the molecule is O=C(O)CCCCC(=O)Nc1ccc(C2OC(Cn3cnc4ccccc43)CC(c3ccc(CO)cc3)O2)cc1. The standard InChI is InChI=1S/C31H33N3O6/c35-19-21-9-11-22(12-10-21)28-17-25(18-34-20-32-26-5-1-2-6-27(26)34)39-31(40-28)23-13-15-24(16-14-23)33-29(36)7-3-4-8-30(37)38/h1-2,5-6,9-16,20,25,28,31,35H,3-4,7-8,17-19H2,(H,33,36)(H,37,38). The van der Waals surface area contributed by atoms with E-state index >= 15 is 0 Å². The number of carboxylic acids is 1. The maximum atomic E-state index is 12.2. The van der Waals surface area contributed by atoms with Crippen molar-refractivity contribution in [3.05, 3.63) is 95.8 Å². The fraction of sp³-hybridized carbons (Fsp3) is 0.323. The molecule has 4 aromatic rings. The summed E-state index contributed by atoms with van der Waals surface area (Å²) < 4.78 is 15.0. The molecule has 9 nitrogen and oxygen atoms in total. The maximum absolute atomic E-state index is 12.2. The highest BCUT2D eigenvalue weighted by molar-refractivity contribution is 5.90. The number of rotatable bonds is 11. The fourth-order valence-corrected chi connectivity index (χ4v) is 4.92. The predicted molar refractivity (Wildman–Crippen MR) is 149 cm³/mol. The van der Waals surface area contributed by atoms with Gasteiger partial charge >= 0.3 is 5.97 Å². The topological polar surface area (TPSA) is 123 Å². The van der Waals surface area contributed by atoms with Gasteiger partial charge in [-0.15, -0.1) is 0 Å². The van der Waals surface area contributed by atoms with E-state index in [1.165, 1.54) is 0 Å². The Kier molecular flexibility index (Phi) is 8.85. The molecule has 1 saturated heterocycles. The van der Waals surface area contributed by atoms with E-state index in [9.17, 15) is 14.7 Å². The van der Waals surface area contributed by atoms with Gasteiger partial charge in [0.15, 0.2) is 6.29 Å². The summed E-state index contributed by atoms with van der Waals surface area (Å²) in [5.74, 6) is -1.00. The first-order valence-electron chi connectivity index (χ1n) is 13.5. The molecule has 1 aromatic heterocycles. The number of para-hydroxylation sites is 2. The molecule has 2 heterocycles. The lowest BCUT2D eigenvalue weighted by molar-refractivity contribution is -0.252. The Morgan fingerprint density at radius 2 is 1.65 bits per heavy atom. The van der Waals surface area contributed by atoms with Crippen molar-refractivity contribution in [3.8, 4) is 0 Å². The first-order chi connectivity index (χ1) is 19.5. The van der Waals surface area contributed by atoms with Crippen molar-refractivity contribution in [2.24, 2.45) is 0 Å². The molecule has 3 unspecified atom stereocenters. The minimum absolute atomic E-state index is 0.0148. The van der Waals surface area contributed by atoms with Gasteiger partial charge in [0.1, 0.15) is 0 Å². The molecule has 0 radical (unpaired) electrons. The molecule has 9 heteroatoms. The van der Waals surface area contributed by atoms with Gasteiger partial charge in [-0.3, -0.25) is 9.59 Å².